The zero-order chi connectivity index (χ0) is 21.2. The lowest BCUT2D eigenvalue weighted by molar-refractivity contribution is 0.0230. The van der Waals surface area contributed by atoms with Crippen LogP contribution in [0.5, 0.6) is 5.75 Å². The van der Waals surface area contributed by atoms with E-state index in [0.717, 1.165) is 6.07 Å². The first-order chi connectivity index (χ1) is 13.6. The summed E-state index contributed by atoms with van der Waals surface area (Å²) < 4.78 is 59.2. The van der Waals surface area contributed by atoms with Crippen molar-refractivity contribution in [2.75, 3.05) is 0 Å². The lowest BCUT2D eigenvalue weighted by Crippen LogP contribution is -2.48. The van der Waals surface area contributed by atoms with Gasteiger partial charge in [0.25, 0.3) is 0 Å². The SMILES string of the molecule is CC(C)S(=O)(=O)N[C@@H]1CCC[C@]1(O)c1ccc(OCc2cc(F)cc(F)c2)cc1. The largest absolute Gasteiger partial charge is 0.489 e. The molecule has 3 rings (SSSR count). The first-order valence-electron chi connectivity index (χ1n) is 9.52. The number of benzene rings is 2. The van der Waals surface area contributed by atoms with E-state index in [4.69, 9.17) is 4.74 Å². The molecule has 158 valence electrons. The maximum Gasteiger partial charge on any atom is 0.214 e. The minimum absolute atomic E-state index is 0.00485. The van der Waals surface area contributed by atoms with Crippen LogP contribution >= 0.6 is 0 Å². The van der Waals surface area contributed by atoms with Gasteiger partial charge in [-0.15, -0.1) is 0 Å². The molecule has 0 saturated heterocycles. The van der Waals surface area contributed by atoms with Crippen molar-refractivity contribution < 1.29 is 27.0 Å². The van der Waals surface area contributed by atoms with Crippen molar-refractivity contribution in [3.63, 3.8) is 0 Å². The van der Waals surface area contributed by atoms with Crippen molar-refractivity contribution in [1.29, 1.82) is 0 Å². The highest BCUT2D eigenvalue weighted by Crippen LogP contribution is 2.40. The molecule has 0 bridgehead atoms. The van der Waals surface area contributed by atoms with E-state index in [1.54, 1.807) is 38.1 Å². The van der Waals surface area contributed by atoms with Crippen LogP contribution < -0.4 is 9.46 Å². The fourth-order valence-electron chi connectivity index (χ4n) is 3.53. The second-order valence-electron chi connectivity index (χ2n) is 7.67. The number of nitrogens with one attached hydrogen (secondary N) is 1. The Morgan fingerprint density at radius 1 is 1.17 bits per heavy atom. The normalized spacial score (nSPS) is 22.2. The van der Waals surface area contributed by atoms with Gasteiger partial charge < -0.3 is 9.84 Å². The average Bonchev–Trinajstić information content (AvgIpc) is 3.00. The second-order valence-corrected chi connectivity index (χ2v) is 9.94. The van der Waals surface area contributed by atoms with Crippen molar-refractivity contribution in [2.24, 2.45) is 0 Å². The monoisotopic (exact) mass is 425 g/mol. The Hall–Kier alpha value is -2.03. The minimum Gasteiger partial charge on any atom is -0.489 e. The van der Waals surface area contributed by atoms with Crippen molar-refractivity contribution in [1.82, 2.24) is 4.72 Å². The van der Waals surface area contributed by atoms with E-state index >= 15 is 0 Å². The minimum atomic E-state index is -3.51. The van der Waals surface area contributed by atoms with Crippen molar-refractivity contribution in [2.45, 2.75) is 56.6 Å². The molecule has 0 aliphatic heterocycles. The van der Waals surface area contributed by atoms with Crippen LogP contribution in [0.1, 0.15) is 44.2 Å². The van der Waals surface area contributed by atoms with Gasteiger partial charge in [-0.25, -0.2) is 21.9 Å². The van der Waals surface area contributed by atoms with E-state index in [2.05, 4.69) is 4.72 Å². The Morgan fingerprint density at radius 3 is 2.38 bits per heavy atom. The molecule has 1 aliphatic carbocycles. The quantitative estimate of drug-likeness (QED) is 0.711. The van der Waals surface area contributed by atoms with Crippen LogP contribution in [0, 0.1) is 11.6 Å². The highest BCUT2D eigenvalue weighted by Gasteiger charge is 2.44. The zero-order valence-electron chi connectivity index (χ0n) is 16.4. The summed E-state index contributed by atoms with van der Waals surface area (Å²) in [5.41, 5.74) is -0.341. The van der Waals surface area contributed by atoms with Crippen LogP contribution in [0.4, 0.5) is 8.78 Å². The van der Waals surface area contributed by atoms with Gasteiger partial charge in [-0.1, -0.05) is 12.1 Å². The molecule has 1 aliphatic rings. The van der Waals surface area contributed by atoms with E-state index in [1.807, 2.05) is 0 Å². The summed E-state index contributed by atoms with van der Waals surface area (Å²) in [6.07, 6.45) is 1.69. The molecular formula is C21H25F2NO4S. The molecule has 2 aromatic carbocycles. The first-order valence-corrected chi connectivity index (χ1v) is 11.1. The third-order valence-corrected chi connectivity index (χ3v) is 7.09. The lowest BCUT2D eigenvalue weighted by Gasteiger charge is -2.31. The van der Waals surface area contributed by atoms with Gasteiger partial charge in [0.2, 0.25) is 10.0 Å². The van der Waals surface area contributed by atoms with E-state index < -0.39 is 38.6 Å². The zero-order valence-corrected chi connectivity index (χ0v) is 17.2. The van der Waals surface area contributed by atoms with E-state index in [0.29, 0.717) is 36.1 Å². The lowest BCUT2D eigenvalue weighted by atomic mass is 9.89. The van der Waals surface area contributed by atoms with Crippen LogP contribution in [0.25, 0.3) is 0 Å². The Kier molecular flexibility index (Phi) is 6.26. The highest BCUT2D eigenvalue weighted by atomic mass is 32.2. The van der Waals surface area contributed by atoms with Crippen LogP contribution in [-0.2, 0) is 22.2 Å². The molecule has 0 amide bonds. The summed E-state index contributed by atoms with van der Waals surface area (Å²) in [4.78, 5) is 0. The number of aliphatic hydroxyl groups is 1. The summed E-state index contributed by atoms with van der Waals surface area (Å²) in [5, 5.41) is 10.6. The maximum atomic E-state index is 13.3. The molecule has 2 aromatic rings. The molecule has 0 heterocycles. The molecule has 2 atom stereocenters. The molecular weight excluding hydrogens is 400 g/mol. The van der Waals surface area contributed by atoms with Gasteiger partial charge in [0.15, 0.2) is 0 Å². The average molecular weight is 425 g/mol. The summed E-state index contributed by atoms with van der Waals surface area (Å²) in [6.45, 7) is 3.18. The van der Waals surface area contributed by atoms with Gasteiger partial charge >= 0.3 is 0 Å². The number of hydrogen-bond donors (Lipinski definition) is 2. The van der Waals surface area contributed by atoms with Crippen molar-refractivity contribution >= 4 is 10.0 Å². The van der Waals surface area contributed by atoms with Gasteiger partial charge in [-0.2, -0.15) is 0 Å². The van der Waals surface area contributed by atoms with Crippen LogP contribution in [0.2, 0.25) is 0 Å². The molecule has 0 spiro atoms. The standard InChI is InChI=1S/C21H25F2NO4S/c1-14(2)29(26,27)24-20-4-3-9-21(20,25)16-5-7-19(8-6-16)28-13-15-10-17(22)12-18(23)11-15/h5-8,10-12,14,20,24-25H,3-4,9,13H2,1-2H3/t20-,21+/m1/s1. The smallest absolute Gasteiger partial charge is 0.214 e. The molecule has 1 fully saturated rings. The third-order valence-electron chi connectivity index (χ3n) is 5.24. The second kappa shape index (κ2) is 8.38. The van der Waals surface area contributed by atoms with E-state index in [-0.39, 0.29) is 6.61 Å². The summed E-state index contributed by atoms with van der Waals surface area (Å²) >= 11 is 0. The molecule has 8 heteroatoms. The van der Waals surface area contributed by atoms with Gasteiger partial charge in [-0.05, 0) is 68.5 Å². The highest BCUT2D eigenvalue weighted by molar-refractivity contribution is 7.90. The summed E-state index contributed by atoms with van der Waals surface area (Å²) in [5.74, 6) is -0.867. The summed E-state index contributed by atoms with van der Waals surface area (Å²) in [6, 6.07) is 9.26. The van der Waals surface area contributed by atoms with Crippen LogP contribution in [0.15, 0.2) is 42.5 Å². The Balaban J connectivity index is 1.71. The molecule has 2 N–H and O–H groups in total. The molecule has 0 radical (unpaired) electrons. The topological polar surface area (TPSA) is 75.6 Å². The predicted molar refractivity (Wildman–Crippen MR) is 106 cm³/mol. The van der Waals surface area contributed by atoms with Crippen molar-refractivity contribution in [3.8, 4) is 5.75 Å². The van der Waals surface area contributed by atoms with Crippen molar-refractivity contribution in [3.05, 3.63) is 65.2 Å². The van der Waals surface area contributed by atoms with Gasteiger partial charge in [0.05, 0.1) is 11.3 Å². The van der Waals surface area contributed by atoms with E-state index in [1.165, 1.54) is 12.1 Å². The number of halogens is 2. The number of sulfonamides is 1. The molecule has 1 saturated carbocycles. The van der Waals surface area contributed by atoms with E-state index in [9.17, 15) is 22.3 Å². The molecule has 0 unspecified atom stereocenters. The number of rotatable bonds is 7. The fraction of sp³-hybridized carbons (Fsp3) is 0.429. The molecule has 5 nitrogen and oxygen atoms in total. The molecule has 0 aromatic heterocycles. The third kappa shape index (κ3) is 4.94. The van der Waals surface area contributed by atoms with Crippen LogP contribution in [0.3, 0.4) is 0 Å². The van der Waals surface area contributed by atoms with Gasteiger partial charge in [-0.3, -0.25) is 0 Å². The first kappa shape index (κ1) is 21.7. The maximum absolute atomic E-state index is 13.3. The van der Waals surface area contributed by atoms with Crippen LogP contribution in [-0.4, -0.2) is 24.8 Å². The fourth-order valence-corrected chi connectivity index (χ4v) is 4.51. The molecule has 29 heavy (non-hydrogen) atoms. The summed E-state index contributed by atoms with van der Waals surface area (Å²) in [7, 11) is -3.51. The Labute approximate surface area is 169 Å². The Morgan fingerprint density at radius 2 is 1.79 bits per heavy atom. The Bertz CT molecular complexity index is 943. The predicted octanol–water partition coefficient (Wildman–Crippen LogP) is 3.61. The number of hydrogen-bond acceptors (Lipinski definition) is 4. The van der Waals surface area contributed by atoms with Gasteiger partial charge in [0.1, 0.15) is 29.6 Å². The number of ether oxygens (including phenoxy) is 1. The van der Waals surface area contributed by atoms with Gasteiger partial charge in [0, 0.05) is 6.07 Å².